The molecule has 244 valence electrons. The lowest BCUT2D eigenvalue weighted by Gasteiger charge is -2.36. The Kier molecular flexibility index (Phi) is 12.6. The van der Waals surface area contributed by atoms with E-state index in [9.17, 15) is 29.4 Å². The molecule has 1 aromatic carbocycles. The summed E-state index contributed by atoms with van der Waals surface area (Å²) in [5, 5.41) is 22.1. The number of ether oxygens (including phenoxy) is 1. The van der Waals surface area contributed by atoms with Crippen LogP contribution in [-0.2, 0) is 14.3 Å². The SMILES string of the molecule is CCCCCCOC(=O)N1CCN(C(=O)[C@H](CCC(=O)O)NC(=O)c2cc(N3CCC(O)CC3)cc(-c3ccccc3)n2)CC1. The second-order valence-corrected chi connectivity index (χ2v) is 11.6. The molecule has 12 nitrogen and oxygen atoms in total. The fourth-order valence-corrected chi connectivity index (χ4v) is 5.56. The van der Waals surface area contributed by atoms with Crippen molar-refractivity contribution in [2.75, 3.05) is 50.8 Å². The van der Waals surface area contributed by atoms with E-state index in [-0.39, 0.29) is 50.8 Å². The van der Waals surface area contributed by atoms with E-state index in [0.717, 1.165) is 36.9 Å². The molecule has 2 aromatic rings. The maximum Gasteiger partial charge on any atom is 0.409 e. The minimum absolute atomic E-state index is 0.0881. The lowest BCUT2D eigenvalue weighted by atomic mass is 10.1. The second-order valence-electron chi connectivity index (χ2n) is 11.6. The molecular weight excluding hydrogens is 578 g/mol. The van der Waals surface area contributed by atoms with Crippen LogP contribution < -0.4 is 10.2 Å². The van der Waals surface area contributed by atoms with Crippen LogP contribution >= 0.6 is 0 Å². The number of nitrogens with zero attached hydrogens (tertiary/aromatic N) is 4. The maximum atomic E-state index is 13.6. The smallest absolute Gasteiger partial charge is 0.409 e. The maximum absolute atomic E-state index is 13.6. The Morgan fingerprint density at radius 2 is 1.64 bits per heavy atom. The summed E-state index contributed by atoms with van der Waals surface area (Å²) in [5.41, 5.74) is 2.30. The van der Waals surface area contributed by atoms with Gasteiger partial charge in [0.1, 0.15) is 11.7 Å². The first kappa shape index (κ1) is 33.7. The van der Waals surface area contributed by atoms with Gasteiger partial charge >= 0.3 is 12.1 Å². The van der Waals surface area contributed by atoms with Crippen molar-refractivity contribution >= 4 is 29.6 Å². The Morgan fingerprint density at radius 3 is 2.31 bits per heavy atom. The summed E-state index contributed by atoms with van der Waals surface area (Å²) in [5.74, 6) is -2.06. The fourth-order valence-electron chi connectivity index (χ4n) is 5.56. The number of anilines is 1. The number of piperidine rings is 1. The molecule has 45 heavy (non-hydrogen) atoms. The van der Waals surface area contributed by atoms with Gasteiger partial charge in [-0.3, -0.25) is 14.4 Å². The van der Waals surface area contributed by atoms with Crippen molar-refractivity contribution in [3.63, 3.8) is 0 Å². The zero-order valence-corrected chi connectivity index (χ0v) is 26.0. The highest BCUT2D eigenvalue weighted by atomic mass is 16.6. The van der Waals surface area contributed by atoms with Crippen LogP contribution in [0.2, 0.25) is 0 Å². The number of nitrogens with one attached hydrogen (secondary N) is 1. The van der Waals surface area contributed by atoms with Gasteiger partial charge in [0.25, 0.3) is 5.91 Å². The number of carboxylic acid groups (broad SMARTS) is 1. The first-order chi connectivity index (χ1) is 21.7. The van der Waals surface area contributed by atoms with Gasteiger partial charge in [-0.25, -0.2) is 9.78 Å². The Morgan fingerprint density at radius 1 is 0.956 bits per heavy atom. The summed E-state index contributed by atoms with van der Waals surface area (Å²) >= 11 is 0. The van der Waals surface area contributed by atoms with Crippen molar-refractivity contribution < 1.29 is 34.1 Å². The summed E-state index contributed by atoms with van der Waals surface area (Å²) in [7, 11) is 0. The number of carbonyl (C=O) groups excluding carboxylic acids is 3. The van der Waals surface area contributed by atoms with Crippen molar-refractivity contribution in [2.24, 2.45) is 0 Å². The molecule has 3 amide bonds. The van der Waals surface area contributed by atoms with Crippen LogP contribution in [0.1, 0.15) is 68.8 Å². The number of amides is 3. The molecule has 0 saturated carbocycles. The van der Waals surface area contributed by atoms with Crippen LogP contribution in [-0.4, -0.2) is 107 Å². The van der Waals surface area contributed by atoms with E-state index in [1.54, 1.807) is 15.9 Å². The number of hydrogen-bond acceptors (Lipinski definition) is 8. The Hall–Kier alpha value is -4.19. The number of piperazine rings is 1. The van der Waals surface area contributed by atoms with E-state index in [1.807, 2.05) is 36.4 Å². The van der Waals surface area contributed by atoms with Crippen molar-refractivity contribution in [3.8, 4) is 11.3 Å². The molecule has 0 radical (unpaired) electrons. The third kappa shape index (κ3) is 9.90. The molecule has 12 heteroatoms. The summed E-state index contributed by atoms with van der Waals surface area (Å²) < 4.78 is 5.38. The van der Waals surface area contributed by atoms with Gasteiger partial charge in [-0.15, -0.1) is 0 Å². The molecule has 1 aromatic heterocycles. The van der Waals surface area contributed by atoms with Crippen LogP contribution in [0.25, 0.3) is 11.3 Å². The number of pyridine rings is 1. The summed E-state index contributed by atoms with van der Waals surface area (Å²) in [4.78, 5) is 61.0. The number of aromatic nitrogens is 1. The topological polar surface area (TPSA) is 153 Å². The minimum Gasteiger partial charge on any atom is -0.481 e. The molecule has 4 rings (SSSR count). The van der Waals surface area contributed by atoms with E-state index in [0.29, 0.717) is 38.2 Å². The number of aliphatic hydroxyl groups excluding tert-OH is 1. The number of aliphatic carboxylic acids is 1. The summed E-state index contributed by atoms with van der Waals surface area (Å²) in [6.45, 7) is 4.79. The number of aliphatic hydroxyl groups is 1. The van der Waals surface area contributed by atoms with Gasteiger partial charge in [-0.2, -0.15) is 0 Å². The van der Waals surface area contributed by atoms with E-state index in [1.165, 1.54) is 0 Å². The third-order valence-corrected chi connectivity index (χ3v) is 8.27. The predicted molar refractivity (Wildman–Crippen MR) is 169 cm³/mol. The standard InChI is InChI=1S/C33H45N5O7/c1-2-3-4-8-21-45-33(44)38-19-17-37(18-20-38)32(43)27(11-12-30(40)41)35-31(42)29-23-25(36-15-13-26(39)14-16-36)22-28(34-29)24-9-6-5-7-10-24/h5-7,9-10,22-23,26-27,39H,2-4,8,11-21H2,1H3,(H,35,42)(H,40,41)/t27-/m0/s1. The predicted octanol–water partition coefficient (Wildman–Crippen LogP) is 3.53. The zero-order valence-electron chi connectivity index (χ0n) is 26.0. The van der Waals surface area contributed by atoms with Gasteiger partial charge in [-0.1, -0.05) is 56.5 Å². The van der Waals surface area contributed by atoms with Crippen molar-refractivity contribution in [3.05, 3.63) is 48.2 Å². The largest absolute Gasteiger partial charge is 0.481 e. The van der Waals surface area contributed by atoms with Crippen LogP contribution in [0.5, 0.6) is 0 Å². The lowest BCUT2D eigenvalue weighted by molar-refractivity contribution is -0.138. The molecule has 1 atom stereocenters. The molecule has 3 N–H and O–H groups in total. The highest BCUT2D eigenvalue weighted by molar-refractivity contribution is 5.97. The Balaban J connectivity index is 1.45. The third-order valence-electron chi connectivity index (χ3n) is 8.27. The quantitative estimate of drug-likeness (QED) is 0.285. The summed E-state index contributed by atoms with van der Waals surface area (Å²) in [6.07, 6.45) is 4.08. The van der Waals surface area contributed by atoms with Crippen LogP contribution in [0.4, 0.5) is 10.5 Å². The van der Waals surface area contributed by atoms with Crippen LogP contribution in [0.15, 0.2) is 42.5 Å². The van der Waals surface area contributed by atoms with Crippen molar-refractivity contribution in [1.29, 1.82) is 0 Å². The molecule has 2 saturated heterocycles. The lowest BCUT2D eigenvalue weighted by Crippen LogP contribution is -2.56. The fraction of sp³-hybridized carbons (Fsp3) is 0.545. The number of hydrogen-bond donors (Lipinski definition) is 3. The molecule has 2 fully saturated rings. The van der Waals surface area contributed by atoms with Gasteiger partial charge in [-0.05, 0) is 37.8 Å². The number of unbranched alkanes of at least 4 members (excludes halogenated alkanes) is 3. The van der Waals surface area contributed by atoms with Gasteiger partial charge in [0, 0.05) is 56.9 Å². The molecule has 0 bridgehead atoms. The highest BCUT2D eigenvalue weighted by Gasteiger charge is 2.31. The van der Waals surface area contributed by atoms with Gasteiger partial charge in [0.2, 0.25) is 5.91 Å². The average Bonchev–Trinajstić information content (AvgIpc) is 3.06. The first-order valence-electron chi connectivity index (χ1n) is 16.0. The molecule has 0 unspecified atom stereocenters. The van der Waals surface area contributed by atoms with Crippen molar-refractivity contribution in [1.82, 2.24) is 20.1 Å². The molecule has 2 aliphatic heterocycles. The van der Waals surface area contributed by atoms with Crippen LogP contribution in [0.3, 0.4) is 0 Å². The molecular formula is C33H45N5O7. The monoisotopic (exact) mass is 623 g/mol. The summed E-state index contributed by atoms with van der Waals surface area (Å²) in [6, 6.07) is 12.0. The number of carbonyl (C=O) groups is 4. The molecule has 0 spiro atoms. The van der Waals surface area contributed by atoms with E-state index in [2.05, 4.69) is 22.1 Å². The number of benzene rings is 1. The first-order valence-corrected chi connectivity index (χ1v) is 16.0. The molecule has 3 heterocycles. The van der Waals surface area contributed by atoms with Crippen molar-refractivity contribution in [2.45, 2.75) is 70.4 Å². The Bertz CT molecular complexity index is 1290. The normalized spacial score (nSPS) is 16.3. The molecule has 2 aliphatic rings. The minimum atomic E-state index is -1.08. The number of rotatable bonds is 13. The van der Waals surface area contributed by atoms with Gasteiger partial charge in [0.05, 0.1) is 18.4 Å². The van der Waals surface area contributed by atoms with E-state index >= 15 is 0 Å². The van der Waals surface area contributed by atoms with E-state index in [4.69, 9.17) is 4.74 Å². The second kappa shape index (κ2) is 16.8. The van der Waals surface area contributed by atoms with E-state index < -0.39 is 29.9 Å². The number of carboxylic acids is 1. The molecule has 0 aliphatic carbocycles. The zero-order chi connectivity index (χ0) is 32.2. The highest BCUT2D eigenvalue weighted by Crippen LogP contribution is 2.27. The average molecular weight is 624 g/mol. The van der Waals surface area contributed by atoms with Crippen LogP contribution in [0, 0.1) is 0 Å². The van der Waals surface area contributed by atoms with Gasteiger partial charge < -0.3 is 35.0 Å². The van der Waals surface area contributed by atoms with Gasteiger partial charge in [0.15, 0.2) is 0 Å². The Labute approximate surface area is 264 Å².